The zero-order chi connectivity index (χ0) is 16.4. The first kappa shape index (κ1) is 15.3. The van der Waals surface area contributed by atoms with Crippen molar-refractivity contribution in [3.63, 3.8) is 0 Å². The van der Waals surface area contributed by atoms with Crippen LogP contribution in [0.2, 0.25) is 0 Å². The van der Waals surface area contributed by atoms with Crippen LogP contribution >= 0.6 is 0 Å². The van der Waals surface area contributed by atoms with Gasteiger partial charge in [0, 0.05) is 19.0 Å². The summed E-state index contributed by atoms with van der Waals surface area (Å²) in [6, 6.07) is 4.31. The molecule has 0 unspecified atom stereocenters. The number of hydrogen-bond donors (Lipinski definition) is 1. The molecule has 2 aromatic rings. The first-order valence-electron chi connectivity index (χ1n) is 7.64. The standard InChI is InChI=1S/C15H18N4O4/c1-18-13(9-11(17-18)10-5-3-2-4-6-10)16-15(20)12-7-8-14(23-12)19(21)22/h7-10H,2-6H2,1H3,(H,16,20). The Kier molecular flexibility index (Phi) is 4.14. The summed E-state index contributed by atoms with van der Waals surface area (Å²) in [5.74, 6) is -0.101. The molecule has 1 fully saturated rings. The van der Waals surface area contributed by atoms with Gasteiger partial charge in [-0.25, -0.2) is 0 Å². The number of nitrogens with one attached hydrogen (secondary N) is 1. The lowest BCUT2D eigenvalue weighted by atomic mass is 9.87. The fourth-order valence-electron chi connectivity index (χ4n) is 2.93. The summed E-state index contributed by atoms with van der Waals surface area (Å²) in [5, 5.41) is 17.8. The predicted molar refractivity (Wildman–Crippen MR) is 82.3 cm³/mol. The fraction of sp³-hybridized carbons (Fsp3) is 0.467. The summed E-state index contributed by atoms with van der Waals surface area (Å²) in [5.41, 5.74) is 0.980. The van der Waals surface area contributed by atoms with Crippen LogP contribution in [-0.4, -0.2) is 20.6 Å². The van der Waals surface area contributed by atoms with Gasteiger partial charge in [0.25, 0.3) is 5.91 Å². The third kappa shape index (κ3) is 3.25. The summed E-state index contributed by atoms with van der Waals surface area (Å²) in [4.78, 5) is 22.0. The molecule has 1 aliphatic rings. The predicted octanol–water partition coefficient (Wildman–Crippen LogP) is 3.22. The number of carbonyl (C=O) groups excluding carboxylic acids is 1. The van der Waals surface area contributed by atoms with E-state index in [4.69, 9.17) is 4.42 Å². The molecule has 0 radical (unpaired) electrons. The van der Waals surface area contributed by atoms with Gasteiger partial charge in [-0.05, 0) is 18.9 Å². The maximum absolute atomic E-state index is 12.1. The van der Waals surface area contributed by atoms with Crippen molar-refractivity contribution in [1.82, 2.24) is 9.78 Å². The second kappa shape index (κ2) is 6.23. The quantitative estimate of drug-likeness (QED) is 0.688. The highest BCUT2D eigenvalue weighted by Crippen LogP contribution is 2.32. The summed E-state index contributed by atoms with van der Waals surface area (Å²) >= 11 is 0. The molecule has 0 atom stereocenters. The summed E-state index contributed by atoms with van der Waals surface area (Å²) in [6.07, 6.45) is 5.92. The lowest BCUT2D eigenvalue weighted by Gasteiger charge is -2.19. The number of aryl methyl sites for hydroxylation is 1. The first-order valence-corrected chi connectivity index (χ1v) is 7.64. The highest BCUT2D eigenvalue weighted by molar-refractivity contribution is 6.01. The van der Waals surface area contributed by atoms with E-state index in [0.29, 0.717) is 11.7 Å². The highest BCUT2D eigenvalue weighted by atomic mass is 16.6. The van der Waals surface area contributed by atoms with Gasteiger partial charge in [0.15, 0.2) is 5.76 Å². The van der Waals surface area contributed by atoms with Crippen molar-refractivity contribution in [3.05, 3.63) is 39.8 Å². The maximum Gasteiger partial charge on any atom is 0.433 e. The molecule has 0 bridgehead atoms. The fourth-order valence-corrected chi connectivity index (χ4v) is 2.93. The summed E-state index contributed by atoms with van der Waals surface area (Å²) in [7, 11) is 1.76. The third-order valence-electron chi connectivity index (χ3n) is 4.16. The number of amides is 1. The van der Waals surface area contributed by atoms with E-state index in [1.54, 1.807) is 11.7 Å². The van der Waals surface area contributed by atoms with Crippen LogP contribution in [0.5, 0.6) is 0 Å². The van der Waals surface area contributed by atoms with Crippen LogP contribution < -0.4 is 5.32 Å². The second-order valence-electron chi connectivity index (χ2n) is 5.76. The van der Waals surface area contributed by atoms with Crippen molar-refractivity contribution >= 4 is 17.6 Å². The lowest BCUT2D eigenvalue weighted by molar-refractivity contribution is -0.402. The van der Waals surface area contributed by atoms with Gasteiger partial charge < -0.3 is 9.73 Å². The van der Waals surface area contributed by atoms with Crippen LogP contribution in [0.25, 0.3) is 0 Å². The van der Waals surface area contributed by atoms with Gasteiger partial charge >= 0.3 is 5.88 Å². The topological polar surface area (TPSA) is 103 Å². The van der Waals surface area contributed by atoms with Gasteiger partial charge in [-0.2, -0.15) is 5.10 Å². The van der Waals surface area contributed by atoms with Gasteiger partial charge in [-0.3, -0.25) is 19.6 Å². The molecule has 2 heterocycles. The number of carbonyl (C=O) groups is 1. The van der Waals surface area contributed by atoms with Crippen LogP contribution in [0.4, 0.5) is 11.7 Å². The van der Waals surface area contributed by atoms with Gasteiger partial charge in [0.1, 0.15) is 10.7 Å². The van der Waals surface area contributed by atoms with E-state index in [0.717, 1.165) is 24.6 Å². The normalized spacial score (nSPS) is 15.5. The smallest absolute Gasteiger partial charge is 0.395 e. The van der Waals surface area contributed by atoms with Crippen molar-refractivity contribution in [3.8, 4) is 0 Å². The number of rotatable bonds is 4. The molecule has 1 saturated carbocycles. The molecule has 8 nitrogen and oxygen atoms in total. The molecular formula is C15H18N4O4. The number of nitro groups is 1. The van der Waals surface area contributed by atoms with Crippen molar-refractivity contribution in [1.29, 1.82) is 0 Å². The molecule has 0 saturated heterocycles. The van der Waals surface area contributed by atoms with E-state index in [-0.39, 0.29) is 5.76 Å². The van der Waals surface area contributed by atoms with Gasteiger partial charge in [-0.1, -0.05) is 19.3 Å². The Morgan fingerprint density at radius 1 is 1.39 bits per heavy atom. The lowest BCUT2D eigenvalue weighted by Crippen LogP contribution is -2.13. The molecule has 0 spiro atoms. The molecule has 2 aromatic heterocycles. The van der Waals surface area contributed by atoms with E-state index in [2.05, 4.69) is 10.4 Å². The Bertz CT molecular complexity index is 728. The molecule has 3 rings (SSSR count). The Hall–Kier alpha value is -2.64. The van der Waals surface area contributed by atoms with Crippen LogP contribution in [0.1, 0.15) is 54.3 Å². The number of anilines is 1. The molecule has 1 amide bonds. The Balaban J connectivity index is 1.72. The van der Waals surface area contributed by atoms with Crippen molar-refractivity contribution in [2.24, 2.45) is 7.05 Å². The minimum atomic E-state index is -0.679. The number of furan rings is 1. The van der Waals surface area contributed by atoms with E-state index in [1.165, 1.54) is 25.3 Å². The van der Waals surface area contributed by atoms with Gasteiger partial charge in [0.05, 0.1) is 11.8 Å². The monoisotopic (exact) mass is 318 g/mol. The SMILES string of the molecule is Cn1nc(C2CCCCC2)cc1NC(=O)c1ccc([N+](=O)[O-])o1. The zero-order valence-corrected chi connectivity index (χ0v) is 12.8. The first-order chi connectivity index (χ1) is 11.0. The Morgan fingerprint density at radius 3 is 2.78 bits per heavy atom. The molecular weight excluding hydrogens is 300 g/mol. The second-order valence-corrected chi connectivity index (χ2v) is 5.76. The van der Waals surface area contributed by atoms with E-state index in [1.807, 2.05) is 6.07 Å². The number of aromatic nitrogens is 2. The minimum absolute atomic E-state index is 0.0999. The molecule has 8 heteroatoms. The molecule has 122 valence electrons. The van der Waals surface area contributed by atoms with E-state index < -0.39 is 16.7 Å². The van der Waals surface area contributed by atoms with E-state index in [9.17, 15) is 14.9 Å². The van der Waals surface area contributed by atoms with E-state index >= 15 is 0 Å². The molecule has 1 N–H and O–H groups in total. The largest absolute Gasteiger partial charge is 0.433 e. The van der Waals surface area contributed by atoms with Gasteiger partial charge in [0.2, 0.25) is 0 Å². The molecule has 23 heavy (non-hydrogen) atoms. The minimum Gasteiger partial charge on any atom is -0.395 e. The van der Waals surface area contributed by atoms with Crippen molar-refractivity contribution in [2.75, 3.05) is 5.32 Å². The maximum atomic E-state index is 12.1. The summed E-state index contributed by atoms with van der Waals surface area (Å²) in [6.45, 7) is 0. The van der Waals surface area contributed by atoms with Crippen LogP contribution in [0, 0.1) is 10.1 Å². The van der Waals surface area contributed by atoms with Crippen molar-refractivity contribution in [2.45, 2.75) is 38.0 Å². The van der Waals surface area contributed by atoms with Crippen LogP contribution in [0.3, 0.4) is 0 Å². The van der Waals surface area contributed by atoms with Crippen LogP contribution in [-0.2, 0) is 7.05 Å². The summed E-state index contributed by atoms with van der Waals surface area (Å²) < 4.78 is 6.51. The number of hydrogen-bond acceptors (Lipinski definition) is 5. The molecule has 0 aliphatic heterocycles. The molecule has 0 aromatic carbocycles. The van der Waals surface area contributed by atoms with Crippen molar-refractivity contribution < 1.29 is 14.1 Å². The van der Waals surface area contributed by atoms with Gasteiger partial charge in [-0.15, -0.1) is 0 Å². The van der Waals surface area contributed by atoms with Crippen LogP contribution in [0.15, 0.2) is 22.6 Å². The third-order valence-corrected chi connectivity index (χ3v) is 4.16. The molecule has 1 aliphatic carbocycles. The Labute approximate surface area is 132 Å². The number of nitrogens with zero attached hydrogens (tertiary/aromatic N) is 3. The Morgan fingerprint density at radius 2 is 2.13 bits per heavy atom. The zero-order valence-electron chi connectivity index (χ0n) is 12.8. The average Bonchev–Trinajstić information content (AvgIpc) is 3.16. The highest BCUT2D eigenvalue weighted by Gasteiger charge is 2.22. The average molecular weight is 318 g/mol.